The minimum atomic E-state index is -3.42. The van der Waals surface area contributed by atoms with Crippen molar-refractivity contribution in [3.63, 3.8) is 0 Å². The van der Waals surface area contributed by atoms with Crippen molar-refractivity contribution in [1.29, 1.82) is 0 Å². The van der Waals surface area contributed by atoms with Gasteiger partial charge >= 0.3 is 6.61 Å². The van der Waals surface area contributed by atoms with Crippen molar-refractivity contribution in [2.45, 2.75) is 82.9 Å². The molecule has 0 bridgehead atoms. The first-order valence-corrected chi connectivity index (χ1v) is 14.0. The van der Waals surface area contributed by atoms with Crippen LogP contribution in [-0.4, -0.2) is 89.7 Å². The zero-order valence-corrected chi connectivity index (χ0v) is 22.1. The molecule has 2 atom stereocenters. The second-order valence-corrected chi connectivity index (χ2v) is 12.3. The topological polar surface area (TPSA) is 146 Å². The Morgan fingerprint density at radius 1 is 1.27 bits per heavy atom. The van der Waals surface area contributed by atoms with E-state index in [2.05, 4.69) is 30.3 Å². The molecule has 1 aromatic heterocycles. The summed E-state index contributed by atoms with van der Waals surface area (Å²) in [6, 6.07) is -0.903. The Labute approximate surface area is 216 Å². The highest BCUT2D eigenvalue weighted by atomic mass is 32.2. The third kappa shape index (κ3) is 8.35. The Morgan fingerprint density at radius 3 is 2.62 bits per heavy atom. The molecular weight excluding hydrogens is 510 g/mol. The number of hydrogen-bond acceptors (Lipinski definition) is 9. The van der Waals surface area contributed by atoms with E-state index in [0.717, 1.165) is 12.8 Å². The monoisotopic (exact) mass is 546 g/mol. The van der Waals surface area contributed by atoms with Gasteiger partial charge in [0.1, 0.15) is 5.56 Å². The van der Waals surface area contributed by atoms with E-state index in [9.17, 15) is 27.1 Å². The predicted molar refractivity (Wildman–Crippen MR) is 135 cm³/mol. The van der Waals surface area contributed by atoms with Crippen LogP contribution in [0.2, 0.25) is 0 Å². The van der Waals surface area contributed by atoms with Gasteiger partial charge in [0.15, 0.2) is 5.82 Å². The summed E-state index contributed by atoms with van der Waals surface area (Å²) in [7, 11) is -3.42. The zero-order chi connectivity index (χ0) is 27.2. The van der Waals surface area contributed by atoms with Gasteiger partial charge in [-0.05, 0) is 58.8 Å². The second kappa shape index (κ2) is 13.0. The molecule has 2 aliphatic rings. The molecule has 2 heterocycles. The zero-order valence-electron chi connectivity index (χ0n) is 21.3. The lowest BCUT2D eigenvalue weighted by Crippen LogP contribution is -2.40. The van der Waals surface area contributed by atoms with Crippen LogP contribution in [0.15, 0.2) is 11.2 Å². The normalized spacial score (nSPS) is 24.2. The van der Waals surface area contributed by atoms with Gasteiger partial charge in [0.25, 0.3) is 5.91 Å². The number of hydrogen-bond donors (Lipinski definition) is 3. The molecule has 2 fully saturated rings. The van der Waals surface area contributed by atoms with Crippen molar-refractivity contribution < 1.29 is 31.8 Å². The van der Waals surface area contributed by atoms with Crippen molar-refractivity contribution in [3.05, 3.63) is 11.8 Å². The molecule has 14 heteroatoms. The summed E-state index contributed by atoms with van der Waals surface area (Å²) in [6.07, 6.45) is 6.02. The largest absolute Gasteiger partial charge is 0.393 e. The Morgan fingerprint density at radius 2 is 1.97 bits per heavy atom. The van der Waals surface area contributed by atoms with Gasteiger partial charge in [0.05, 0.1) is 18.0 Å². The summed E-state index contributed by atoms with van der Waals surface area (Å²) in [5, 5.41) is 14.9. The van der Waals surface area contributed by atoms with Crippen LogP contribution in [0.25, 0.3) is 0 Å². The lowest BCUT2D eigenvalue weighted by molar-refractivity contribution is -0.130. The molecule has 1 saturated heterocycles. The number of rotatable bonds is 11. The van der Waals surface area contributed by atoms with Crippen molar-refractivity contribution in [2.24, 2.45) is 10.9 Å². The van der Waals surface area contributed by atoms with Crippen molar-refractivity contribution >= 4 is 33.9 Å². The van der Waals surface area contributed by atoms with E-state index >= 15 is 0 Å². The highest BCUT2D eigenvalue weighted by Gasteiger charge is 2.34. The summed E-state index contributed by atoms with van der Waals surface area (Å²) in [5.74, 6) is -0.162. The smallest absolute Gasteiger partial charge is 0.345 e. The maximum absolute atomic E-state index is 13.1. The van der Waals surface area contributed by atoms with E-state index in [1.54, 1.807) is 27.0 Å². The third-order valence-electron chi connectivity index (χ3n) is 6.45. The SMILES string of the molecule is CC(C)S(=O)(=O)N1CC[C@H](NC(=O)c2cnc(N[C@@H](C)COC(F)F)nc2/N=C\C2CCC(O)CC2)C1. The van der Waals surface area contributed by atoms with E-state index in [1.807, 2.05) is 0 Å². The number of carbonyl (C=O) groups excluding carboxylic acids is 1. The number of ether oxygens (including phenoxy) is 1. The fraction of sp³-hybridized carbons (Fsp3) is 0.739. The van der Waals surface area contributed by atoms with Crippen molar-refractivity contribution in [2.75, 3.05) is 25.0 Å². The van der Waals surface area contributed by atoms with Crippen molar-refractivity contribution in [1.82, 2.24) is 19.6 Å². The molecule has 0 radical (unpaired) electrons. The molecule has 1 aliphatic carbocycles. The molecule has 37 heavy (non-hydrogen) atoms. The van der Waals surface area contributed by atoms with Crippen LogP contribution in [0.1, 0.15) is 63.2 Å². The number of aliphatic hydroxyl groups excluding tert-OH is 1. The molecule has 0 aromatic carbocycles. The van der Waals surface area contributed by atoms with Gasteiger partial charge in [-0.1, -0.05) is 0 Å². The van der Waals surface area contributed by atoms with Gasteiger partial charge in [-0.15, -0.1) is 0 Å². The first-order chi connectivity index (χ1) is 17.5. The molecule has 1 aromatic rings. The first kappa shape index (κ1) is 29.3. The molecule has 208 valence electrons. The maximum atomic E-state index is 13.1. The van der Waals surface area contributed by atoms with Gasteiger partial charge in [-0.2, -0.15) is 18.1 Å². The summed E-state index contributed by atoms with van der Waals surface area (Å²) < 4.78 is 55.3. The molecule has 1 aliphatic heterocycles. The summed E-state index contributed by atoms with van der Waals surface area (Å²) in [4.78, 5) is 26.1. The Kier molecular flexibility index (Phi) is 10.3. The maximum Gasteiger partial charge on any atom is 0.345 e. The van der Waals surface area contributed by atoms with Crippen LogP contribution in [0.3, 0.4) is 0 Å². The molecule has 3 N–H and O–H groups in total. The minimum Gasteiger partial charge on any atom is -0.393 e. The molecule has 0 unspecified atom stereocenters. The van der Waals surface area contributed by atoms with Crippen LogP contribution in [0.5, 0.6) is 0 Å². The highest BCUT2D eigenvalue weighted by molar-refractivity contribution is 7.89. The molecular formula is C23H36F2N6O5S. The third-order valence-corrected chi connectivity index (χ3v) is 8.69. The number of sulfonamides is 1. The summed E-state index contributed by atoms with van der Waals surface area (Å²) in [5.41, 5.74) is 0.110. The Bertz CT molecular complexity index is 1050. The van der Waals surface area contributed by atoms with E-state index < -0.39 is 33.8 Å². The second-order valence-electron chi connectivity index (χ2n) is 9.83. The molecule has 0 spiro atoms. The molecule has 1 saturated carbocycles. The number of alkyl halides is 2. The number of aliphatic imine (C=N–C) groups is 1. The number of aliphatic hydroxyl groups is 1. The lowest BCUT2D eigenvalue weighted by Gasteiger charge is -2.22. The average molecular weight is 547 g/mol. The quantitative estimate of drug-likeness (QED) is 0.359. The minimum absolute atomic E-state index is 0.100. The van der Waals surface area contributed by atoms with E-state index in [1.165, 1.54) is 10.5 Å². The summed E-state index contributed by atoms with van der Waals surface area (Å²) in [6.45, 7) is 2.19. The van der Waals surface area contributed by atoms with Crippen LogP contribution in [0.4, 0.5) is 20.5 Å². The number of nitrogens with zero attached hydrogens (tertiary/aromatic N) is 4. The van der Waals surface area contributed by atoms with Gasteiger partial charge in [-0.25, -0.2) is 18.4 Å². The van der Waals surface area contributed by atoms with Gasteiger partial charge < -0.3 is 20.5 Å². The van der Waals surface area contributed by atoms with E-state index in [4.69, 9.17) is 0 Å². The van der Waals surface area contributed by atoms with Crippen LogP contribution in [-0.2, 0) is 14.8 Å². The van der Waals surface area contributed by atoms with Gasteiger partial charge in [0.2, 0.25) is 16.0 Å². The Balaban J connectivity index is 1.74. The molecule has 1 amide bonds. The van der Waals surface area contributed by atoms with Gasteiger partial charge in [0, 0.05) is 37.6 Å². The standard InChI is InChI=1S/C23H36F2N6O5S/c1-14(2)37(34,35)31-9-8-17(12-31)29-21(33)19-11-27-23(28-15(3)13-36-22(24)25)30-20(19)26-10-16-4-6-18(32)7-5-16/h10-11,14-18,22,32H,4-9,12-13H2,1-3H3,(H,29,33)(H,27,28,30)/b26-10-/t15-,16?,17-,18?/m0/s1. The average Bonchev–Trinajstić information content (AvgIpc) is 3.31. The summed E-state index contributed by atoms with van der Waals surface area (Å²) >= 11 is 0. The van der Waals surface area contributed by atoms with Crippen LogP contribution >= 0.6 is 0 Å². The number of nitrogens with one attached hydrogen (secondary N) is 2. The number of carbonyl (C=O) groups is 1. The molecule has 3 rings (SSSR count). The number of halogens is 2. The highest BCUT2D eigenvalue weighted by Crippen LogP contribution is 2.25. The fourth-order valence-corrected chi connectivity index (χ4v) is 5.59. The fourth-order valence-electron chi connectivity index (χ4n) is 4.25. The van der Waals surface area contributed by atoms with E-state index in [-0.39, 0.29) is 48.5 Å². The number of aromatic nitrogens is 2. The van der Waals surface area contributed by atoms with Crippen molar-refractivity contribution in [3.8, 4) is 0 Å². The van der Waals surface area contributed by atoms with Crippen LogP contribution in [0, 0.1) is 5.92 Å². The lowest BCUT2D eigenvalue weighted by atomic mass is 9.88. The first-order valence-electron chi connectivity index (χ1n) is 12.5. The molecule has 11 nitrogen and oxygen atoms in total. The van der Waals surface area contributed by atoms with Gasteiger partial charge in [-0.3, -0.25) is 4.79 Å². The van der Waals surface area contributed by atoms with E-state index in [0.29, 0.717) is 25.8 Å². The Hall–Kier alpha value is -2.29. The predicted octanol–water partition coefficient (Wildman–Crippen LogP) is 2.31. The van der Waals surface area contributed by atoms with Crippen LogP contribution < -0.4 is 10.6 Å². The number of amides is 1. The number of anilines is 1.